The van der Waals surface area contributed by atoms with E-state index in [4.69, 9.17) is 4.74 Å². The van der Waals surface area contributed by atoms with E-state index in [2.05, 4.69) is 5.32 Å². The van der Waals surface area contributed by atoms with E-state index in [1.165, 1.54) is 0 Å². The minimum atomic E-state index is -0.131. The lowest BCUT2D eigenvalue weighted by Crippen LogP contribution is -2.50. The second-order valence-corrected chi connectivity index (χ2v) is 7.17. The van der Waals surface area contributed by atoms with Crippen LogP contribution in [0.1, 0.15) is 37.3 Å². The highest BCUT2D eigenvalue weighted by atomic mass is 16.5. The van der Waals surface area contributed by atoms with Gasteiger partial charge in [-0.1, -0.05) is 18.2 Å². The number of nitrogens with one attached hydrogen (secondary N) is 1. The van der Waals surface area contributed by atoms with E-state index in [1.54, 1.807) is 0 Å². The molecule has 0 spiro atoms. The van der Waals surface area contributed by atoms with Gasteiger partial charge in [-0.15, -0.1) is 0 Å². The van der Waals surface area contributed by atoms with E-state index in [-0.39, 0.29) is 23.9 Å². The van der Waals surface area contributed by atoms with Crippen LogP contribution in [0.15, 0.2) is 24.3 Å². The molecule has 6 nitrogen and oxygen atoms in total. The molecular weight excluding hydrogens is 318 g/mol. The van der Waals surface area contributed by atoms with Gasteiger partial charge in [0.2, 0.25) is 5.91 Å². The van der Waals surface area contributed by atoms with Crippen molar-refractivity contribution in [2.45, 2.75) is 31.7 Å². The summed E-state index contributed by atoms with van der Waals surface area (Å²) in [6.45, 7) is 3.46. The maximum absolute atomic E-state index is 12.7. The Balaban J connectivity index is 1.36. The SMILES string of the molecule is O=C(N[C@@H]1COc2ccccc21)[C@@H]1CCCN(C(=O)N2CCCC2)C1. The van der Waals surface area contributed by atoms with E-state index in [0.29, 0.717) is 13.2 Å². The zero-order valence-electron chi connectivity index (χ0n) is 14.4. The van der Waals surface area contributed by atoms with Gasteiger partial charge in [-0.25, -0.2) is 4.79 Å². The van der Waals surface area contributed by atoms with E-state index >= 15 is 0 Å². The summed E-state index contributed by atoms with van der Waals surface area (Å²) < 4.78 is 5.64. The number of nitrogens with zero attached hydrogens (tertiary/aromatic N) is 2. The third-order valence-electron chi connectivity index (χ3n) is 5.46. The second-order valence-electron chi connectivity index (χ2n) is 7.17. The van der Waals surface area contributed by atoms with Crippen molar-refractivity contribution in [2.75, 3.05) is 32.8 Å². The molecule has 1 aromatic carbocycles. The lowest BCUT2D eigenvalue weighted by molar-refractivity contribution is -0.127. The number of piperidine rings is 1. The van der Waals surface area contributed by atoms with Gasteiger partial charge in [-0.2, -0.15) is 0 Å². The van der Waals surface area contributed by atoms with Crippen molar-refractivity contribution in [1.82, 2.24) is 15.1 Å². The smallest absolute Gasteiger partial charge is 0.320 e. The third-order valence-corrected chi connectivity index (χ3v) is 5.46. The fraction of sp³-hybridized carbons (Fsp3) is 0.579. The zero-order valence-corrected chi connectivity index (χ0v) is 14.4. The Hall–Kier alpha value is -2.24. The van der Waals surface area contributed by atoms with Crippen molar-refractivity contribution in [3.8, 4) is 5.75 Å². The summed E-state index contributed by atoms with van der Waals surface area (Å²) in [5.74, 6) is 0.750. The molecule has 6 heteroatoms. The maximum atomic E-state index is 12.7. The number of hydrogen-bond acceptors (Lipinski definition) is 3. The van der Waals surface area contributed by atoms with Gasteiger partial charge in [0.25, 0.3) is 0 Å². The van der Waals surface area contributed by atoms with Gasteiger partial charge < -0.3 is 19.9 Å². The summed E-state index contributed by atoms with van der Waals surface area (Å²) in [6.07, 6.45) is 3.90. The van der Waals surface area contributed by atoms with Crippen molar-refractivity contribution in [2.24, 2.45) is 5.92 Å². The summed E-state index contributed by atoms with van der Waals surface area (Å²) in [4.78, 5) is 29.1. The van der Waals surface area contributed by atoms with Crippen molar-refractivity contribution < 1.29 is 14.3 Å². The molecule has 2 fully saturated rings. The van der Waals surface area contributed by atoms with Crippen LogP contribution in [0.3, 0.4) is 0 Å². The average Bonchev–Trinajstić information content (AvgIpc) is 3.32. The molecule has 1 aromatic rings. The van der Waals surface area contributed by atoms with Crippen molar-refractivity contribution in [1.29, 1.82) is 0 Å². The van der Waals surface area contributed by atoms with Crippen molar-refractivity contribution in [3.05, 3.63) is 29.8 Å². The first-order valence-electron chi connectivity index (χ1n) is 9.28. The summed E-state index contributed by atoms with van der Waals surface area (Å²) >= 11 is 0. The quantitative estimate of drug-likeness (QED) is 0.895. The van der Waals surface area contributed by atoms with Gasteiger partial charge in [0.05, 0.1) is 12.0 Å². The highest BCUT2D eigenvalue weighted by molar-refractivity contribution is 5.81. The van der Waals surface area contributed by atoms with E-state index in [0.717, 1.165) is 56.6 Å². The number of benzene rings is 1. The molecule has 0 radical (unpaired) electrons. The van der Waals surface area contributed by atoms with Crippen LogP contribution in [-0.2, 0) is 4.79 Å². The number of carbonyl (C=O) groups excluding carboxylic acids is 2. The van der Waals surface area contributed by atoms with Crippen LogP contribution < -0.4 is 10.1 Å². The number of carbonyl (C=O) groups is 2. The van der Waals surface area contributed by atoms with E-state index in [9.17, 15) is 9.59 Å². The number of hydrogen-bond donors (Lipinski definition) is 1. The molecule has 2 atom stereocenters. The molecule has 3 heterocycles. The molecule has 0 bridgehead atoms. The Labute approximate surface area is 148 Å². The van der Waals surface area contributed by atoms with Crippen molar-refractivity contribution in [3.63, 3.8) is 0 Å². The Kier molecular flexibility index (Phi) is 4.51. The summed E-state index contributed by atoms with van der Waals surface area (Å²) in [5, 5.41) is 3.12. The van der Waals surface area contributed by atoms with Crippen LogP contribution in [0.5, 0.6) is 5.75 Å². The lowest BCUT2D eigenvalue weighted by Gasteiger charge is -2.35. The van der Waals surface area contributed by atoms with Crippen LogP contribution in [-0.4, -0.2) is 54.5 Å². The zero-order chi connectivity index (χ0) is 17.2. The van der Waals surface area contributed by atoms with Crippen LogP contribution in [0.4, 0.5) is 4.79 Å². The van der Waals surface area contributed by atoms with Gasteiger partial charge in [-0.05, 0) is 31.7 Å². The van der Waals surface area contributed by atoms with E-state index < -0.39 is 0 Å². The van der Waals surface area contributed by atoms with Crippen LogP contribution in [0.2, 0.25) is 0 Å². The molecule has 0 saturated carbocycles. The standard InChI is InChI=1S/C19H25N3O3/c23-18(20-16-13-25-17-8-2-1-7-15(16)17)14-6-5-11-22(12-14)19(24)21-9-3-4-10-21/h1-2,7-8,14,16H,3-6,9-13H2,(H,20,23)/t14-,16-/m1/s1. The van der Waals surface area contributed by atoms with Crippen molar-refractivity contribution >= 4 is 11.9 Å². The molecule has 4 rings (SSSR count). The number of likely N-dealkylation sites (tertiary alicyclic amines) is 2. The maximum Gasteiger partial charge on any atom is 0.320 e. The average molecular weight is 343 g/mol. The first kappa shape index (κ1) is 16.2. The first-order valence-corrected chi connectivity index (χ1v) is 9.28. The predicted octanol–water partition coefficient (Wildman–Crippen LogP) is 2.16. The summed E-state index contributed by atoms with van der Waals surface area (Å²) in [5.41, 5.74) is 1.04. The largest absolute Gasteiger partial charge is 0.491 e. The number of urea groups is 1. The molecule has 1 N–H and O–H groups in total. The molecule has 3 aliphatic rings. The molecule has 3 aliphatic heterocycles. The highest BCUT2D eigenvalue weighted by Crippen LogP contribution is 2.32. The minimum absolute atomic E-state index is 0.0317. The molecule has 0 aliphatic carbocycles. The van der Waals surface area contributed by atoms with Crippen LogP contribution in [0, 0.1) is 5.92 Å². The molecule has 134 valence electrons. The monoisotopic (exact) mass is 343 g/mol. The van der Waals surface area contributed by atoms with Gasteiger partial charge in [0, 0.05) is 31.7 Å². The highest BCUT2D eigenvalue weighted by Gasteiger charge is 2.33. The Morgan fingerprint density at radius 1 is 1.04 bits per heavy atom. The molecule has 0 unspecified atom stereocenters. The van der Waals surface area contributed by atoms with Gasteiger partial charge in [0.1, 0.15) is 12.4 Å². The fourth-order valence-corrected chi connectivity index (χ4v) is 4.05. The topological polar surface area (TPSA) is 61.9 Å². The Bertz CT molecular complexity index is 657. The van der Waals surface area contributed by atoms with E-state index in [1.807, 2.05) is 34.1 Å². The number of ether oxygens (including phenoxy) is 1. The predicted molar refractivity (Wildman–Crippen MR) is 93.3 cm³/mol. The van der Waals surface area contributed by atoms with Crippen LogP contribution in [0.25, 0.3) is 0 Å². The Morgan fingerprint density at radius 3 is 2.64 bits per heavy atom. The molecular formula is C19H25N3O3. The summed E-state index contributed by atoms with van der Waals surface area (Å²) in [7, 11) is 0. The van der Waals surface area contributed by atoms with Gasteiger partial charge in [0.15, 0.2) is 0 Å². The molecule has 2 saturated heterocycles. The second kappa shape index (κ2) is 6.94. The van der Waals surface area contributed by atoms with Gasteiger partial charge >= 0.3 is 6.03 Å². The molecule has 3 amide bonds. The first-order chi connectivity index (χ1) is 12.2. The fourth-order valence-electron chi connectivity index (χ4n) is 4.05. The van der Waals surface area contributed by atoms with Crippen LogP contribution >= 0.6 is 0 Å². The number of para-hydroxylation sites is 1. The summed E-state index contributed by atoms with van der Waals surface area (Å²) in [6, 6.07) is 7.84. The lowest BCUT2D eigenvalue weighted by atomic mass is 9.96. The molecule has 25 heavy (non-hydrogen) atoms. The minimum Gasteiger partial charge on any atom is -0.491 e. The number of rotatable bonds is 2. The van der Waals surface area contributed by atoms with Gasteiger partial charge in [-0.3, -0.25) is 4.79 Å². The Morgan fingerprint density at radius 2 is 1.80 bits per heavy atom. The third kappa shape index (κ3) is 3.30. The normalized spacial score (nSPS) is 25.4. The molecule has 0 aromatic heterocycles. The number of fused-ring (bicyclic) bond motifs is 1. The number of amides is 3.